The van der Waals surface area contributed by atoms with Crippen molar-refractivity contribution in [2.45, 2.75) is 19.9 Å². The summed E-state index contributed by atoms with van der Waals surface area (Å²) >= 11 is 6.19. The average molecular weight is 423 g/mol. The van der Waals surface area contributed by atoms with Gasteiger partial charge in [-0.25, -0.2) is 0 Å². The van der Waals surface area contributed by atoms with E-state index in [1.807, 2.05) is 53.8 Å². The second-order valence-corrected chi connectivity index (χ2v) is 7.51. The van der Waals surface area contributed by atoms with Gasteiger partial charge in [0.25, 0.3) is 0 Å². The number of nitrogens with zero attached hydrogens (tertiary/aromatic N) is 4. The quantitative estimate of drug-likeness (QED) is 0.299. The zero-order valence-corrected chi connectivity index (χ0v) is 17.4. The van der Waals surface area contributed by atoms with Gasteiger partial charge in [-0.1, -0.05) is 23.7 Å². The Labute approximate surface area is 179 Å². The number of pyridine rings is 1. The summed E-state index contributed by atoms with van der Waals surface area (Å²) in [5.74, 6) is 0.801. The molecule has 0 fully saturated rings. The highest BCUT2D eigenvalue weighted by atomic mass is 35.5. The molecule has 0 amide bonds. The first-order valence-corrected chi connectivity index (χ1v) is 10.1. The number of hydrogen-bond donors (Lipinski definition) is 3. The van der Waals surface area contributed by atoms with Gasteiger partial charge in [0.1, 0.15) is 5.82 Å². The summed E-state index contributed by atoms with van der Waals surface area (Å²) in [4.78, 5) is 0. The number of aromatic nitrogens is 4. The van der Waals surface area contributed by atoms with Crippen LogP contribution in [0.3, 0.4) is 0 Å². The van der Waals surface area contributed by atoms with E-state index in [0.29, 0.717) is 30.2 Å². The molecule has 0 bridgehead atoms. The SMILES string of the molecule is Cc1nnc2ccc3c(cc(C(=N)/C=C\NCCCO)n3Cc3cccc(Cl)c3)n12. The topological polar surface area (TPSA) is 91.2 Å². The Hall–Kier alpha value is -3.16. The molecule has 3 N–H and O–H groups in total. The van der Waals surface area contributed by atoms with Crippen molar-refractivity contribution in [2.24, 2.45) is 0 Å². The van der Waals surface area contributed by atoms with Crippen molar-refractivity contribution in [1.29, 1.82) is 5.41 Å². The smallest absolute Gasteiger partial charge is 0.161 e. The monoisotopic (exact) mass is 422 g/mol. The number of aliphatic hydroxyl groups is 1. The highest BCUT2D eigenvalue weighted by Gasteiger charge is 2.16. The molecule has 0 aliphatic rings. The Morgan fingerprint density at radius 1 is 1.20 bits per heavy atom. The van der Waals surface area contributed by atoms with Gasteiger partial charge in [0.2, 0.25) is 0 Å². The van der Waals surface area contributed by atoms with E-state index in [-0.39, 0.29) is 6.61 Å². The number of aliphatic hydroxyl groups excluding tert-OH is 1. The Kier molecular flexibility index (Phi) is 5.83. The van der Waals surface area contributed by atoms with Crippen LogP contribution < -0.4 is 5.32 Å². The van der Waals surface area contributed by atoms with E-state index in [0.717, 1.165) is 33.8 Å². The van der Waals surface area contributed by atoms with Crippen molar-refractivity contribution in [3.63, 3.8) is 0 Å². The Balaban J connectivity index is 1.79. The number of hydrogen-bond acceptors (Lipinski definition) is 5. The summed E-state index contributed by atoms with van der Waals surface area (Å²) in [5, 5.41) is 29.7. The van der Waals surface area contributed by atoms with Crippen molar-refractivity contribution in [1.82, 2.24) is 24.5 Å². The van der Waals surface area contributed by atoms with Crippen LogP contribution in [0.2, 0.25) is 5.02 Å². The molecule has 0 aliphatic heterocycles. The minimum atomic E-state index is 0.139. The lowest BCUT2D eigenvalue weighted by molar-refractivity contribution is 0.288. The maximum atomic E-state index is 8.89. The summed E-state index contributed by atoms with van der Waals surface area (Å²) in [6, 6.07) is 13.7. The third-order valence-corrected chi connectivity index (χ3v) is 5.19. The second kappa shape index (κ2) is 8.69. The molecule has 0 spiro atoms. The zero-order valence-electron chi connectivity index (χ0n) is 16.6. The standard InChI is InChI=1S/C22H23ClN6O/c1-15-26-27-22-7-6-19-21(29(15)22)13-20(18(24)8-10-25-9-3-11-30)28(19)14-16-4-2-5-17(23)12-16/h2,4-8,10,12-13,24-25,30H,3,9,11,14H2,1H3/b10-8-,24-18?. The second-order valence-electron chi connectivity index (χ2n) is 7.07. The molecule has 3 aromatic heterocycles. The molecule has 0 saturated carbocycles. The van der Waals surface area contributed by atoms with Gasteiger partial charge in [-0.2, -0.15) is 0 Å². The Bertz CT molecular complexity index is 1240. The van der Waals surface area contributed by atoms with Gasteiger partial charge in [0.15, 0.2) is 5.65 Å². The van der Waals surface area contributed by atoms with E-state index in [1.165, 1.54) is 0 Å². The number of halogens is 1. The normalized spacial score (nSPS) is 11.7. The van der Waals surface area contributed by atoms with Crippen molar-refractivity contribution >= 4 is 34.0 Å². The van der Waals surface area contributed by atoms with Gasteiger partial charge in [-0.05, 0) is 61.5 Å². The van der Waals surface area contributed by atoms with Gasteiger partial charge in [-0.15, -0.1) is 10.2 Å². The molecule has 4 rings (SSSR count). The van der Waals surface area contributed by atoms with Crippen molar-refractivity contribution < 1.29 is 5.11 Å². The van der Waals surface area contributed by atoms with Gasteiger partial charge in [0.05, 0.1) is 22.4 Å². The predicted molar refractivity (Wildman–Crippen MR) is 119 cm³/mol. The van der Waals surface area contributed by atoms with E-state index in [4.69, 9.17) is 22.1 Å². The molecule has 1 aromatic carbocycles. The molecule has 30 heavy (non-hydrogen) atoms. The van der Waals surface area contributed by atoms with Gasteiger partial charge < -0.3 is 15.0 Å². The average Bonchev–Trinajstić information content (AvgIpc) is 3.28. The highest BCUT2D eigenvalue weighted by molar-refractivity contribution is 6.30. The summed E-state index contributed by atoms with van der Waals surface area (Å²) in [6.07, 6.45) is 4.15. The number of benzene rings is 1. The molecular weight excluding hydrogens is 400 g/mol. The van der Waals surface area contributed by atoms with Crippen LogP contribution in [0.5, 0.6) is 0 Å². The number of aryl methyl sites for hydroxylation is 1. The molecule has 8 heteroatoms. The summed E-state index contributed by atoms with van der Waals surface area (Å²) in [6.45, 7) is 3.30. The molecule has 4 aromatic rings. The lowest BCUT2D eigenvalue weighted by Gasteiger charge is -2.11. The first-order chi connectivity index (χ1) is 14.6. The van der Waals surface area contributed by atoms with E-state index in [2.05, 4.69) is 20.1 Å². The van der Waals surface area contributed by atoms with Crippen LogP contribution in [0.1, 0.15) is 23.5 Å². The first kappa shape index (κ1) is 20.1. The van der Waals surface area contributed by atoms with Gasteiger partial charge in [-0.3, -0.25) is 9.81 Å². The van der Waals surface area contributed by atoms with Crippen LogP contribution in [-0.2, 0) is 6.54 Å². The number of allylic oxidation sites excluding steroid dienone is 1. The van der Waals surface area contributed by atoms with Crippen LogP contribution in [0.15, 0.2) is 54.7 Å². The maximum absolute atomic E-state index is 8.89. The predicted octanol–water partition coefficient (Wildman–Crippen LogP) is 3.55. The molecule has 7 nitrogen and oxygen atoms in total. The third-order valence-electron chi connectivity index (χ3n) is 4.95. The van der Waals surface area contributed by atoms with Gasteiger partial charge >= 0.3 is 0 Å². The highest BCUT2D eigenvalue weighted by Crippen LogP contribution is 2.25. The summed E-state index contributed by atoms with van der Waals surface area (Å²) in [7, 11) is 0. The van der Waals surface area contributed by atoms with Crippen molar-refractivity contribution in [2.75, 3.05) is 13.2 Å². The maximum Gasteiger partial charge on any atom is 0.161 e. The van der Waals surface area contributed by atoms with Crippen LogP contribution in [0.4, 0.5) is 0 Å². The van der Waals surface area contributed by atoms with Crippen LogP contribution in [0, 0.1) is 12.3 Å². The molecule has 0 unspecified atom stereocenters. The van der Waals surface area contributed by atoms with Crippen LogP contribution in [-0.4, -0.2) is 43.1 Å². The number of nitrogens with one attached hydrogen (secondary N) is 2. The van der Waals surface area contributed by atoms with E-state index in [9.17, 15) is 0 Å². The molecular formula is C22H23ClN6O. The molecule has 0 saturated heterocycles. The largest absolute Gasteiger partial charge is 0.396 e. The fourth-order valence-electron chi connectivity index (χ4n) is 3.55. The van der Waals surface area contributed by atoms with E-state index >= 15 is 0 Å². The minimum absolute atomic E-state index is 0.139. The van der Waals surface area contributed by atoms with Crippen molar-refractivity contribution in [3.05, 3.63) is 76.8 Å². The lowest BCUT2D eigenvalue weighted by atomic mass is 10.2. The number of rotatable bonds is 8. The lowest BCUT2D eigenvalue weighted by Crippen LogP contribution is -2.11. The fourth-order valence-corrected chi connectivity index (χ4v) is 3.76. The third kappa shape index (κ3) is 3.94. The van der Waals surface area contributed by atoms with Crippen LogP contribution in [0.25, 0.3) is 16.7 Å². The molecule has 0 atom stereocenters. The van der Waals surface area contributed by atoms with E-state index < -0.39 is 0 Å². The summed E-state index contributed by atoms with van der Waals surface area (Å²) in [5.41, 5.74) is 4.94. The van der Waals surface area contributed by atoms with Crippen molar-refractivity contribution in [3.8, 4) is 0 Å². The zero-order chi connectivity index (χ0) is 21.1. The molecule has 0 aliphatic carbocycles. The van der Waals surface area contributed by atoms with Gasteiger partial charge in [0, 0.05) is 24.7 Å². The molecule has 154 valence electrons. The fraction of sp³-hybridized carbons (Fsp3) is 0.227. The van der Waals surface area contributed by atoms with Crippen LogP contribution >= 0.6 is 11.6 Å². The minimum Gasteiger partial charge on any atom is -0.396 e. The first-order valence-electron chi connectivity index (χ1n) is 9.76. The Morgan fingerprint density at radius 3 is 2.87 bits per heavy atom. The van der Waals surface area contributed by atoms with E-state index in [1.54, 1.807) is 12.3 Å². The molecule has 0 radical (unpaired) electrons. The molecule has 3 heterocycles. The number of fused-ring (bicyclic) bond motifs is 3. The Morgan fingerprint density at radius 2 is 2.07 bits per heavy atom. The summed E-state index contributed by atoms with van der Waals surface area (Å²) < 4.78 is 4.12.